The molecule has 3 rings (SSSR count). The molecule has 1 aromatic heterocycles. The zero-order valence-corrected chi connectivity index (χ0v) is 14.5. The van der Waals surface area contributed by atoms with Crippen molar-refractivity contribution in [3.63, 3.8) is 0 Å². The molecule has 1 aromatic rings. The number of likely N-dealkylation sites (tertiary alicyclic amines) is 1. The highest BCUT2D eigenvalue weighted by Gasteiger charge is 2.31. The lowest BCUT2D eigenvalue weighted by molar-refractivity contribution is 0.0820. The van der Waals surface area contributed by atoms with Crippen molar-refractivity contribution >= 4 is 11.3 Å². The summed E-state index contributed by atoms with van der Waals surface area (Å²) in [6.45, 7) is 10.4. The third-order valence-corrected chi connectivity index (χ3v) is 6.48. The van der Waals surface area contributed by atoms with E-state index in [1.165, 1.54) is 61.5 Å². The molecule has 2 fully saturated rings. The van der Waals surface area contributed by atoms with Crippen LogP contribution >= 0.6 is 11.3 Å². The van der Waals surface area contributed by atoms with Crippen LogP contribution in [0.25, 0.3) is 0 Å². The third-order valence-electron chi connectivity index (χ3n) is 5.39. The summed E-state index contributed by atoms with van der Waals surface area (Å²) in [7, 11) is 0. The summed E-state index contributed by atoms with van der Waals surface area (Å²) in [5, 5.41) is 3.44. The number of hydrogen-bond acceptors (Lipinski definition) is 3. The number of nitrogens with one attached hydrogen (secondary N) is 1. The van der Waals surface area contributed by atoms with Crippen LogP contribution in [-0.2, 0) is 13.1 Å². The molecule has 0 radical (unpaired) electrons. The maximum absolute atomic E-state index is 3.44. The summed E-state index contributed by atoms with van der Waals surface area (Å²) >= 11 is 1.98. The largest absolute Gasteiger partial charge is 0.312 e. The number of fused-ring (bicyclic) bond motifs is 1. The zero-order chi connectivity index (χ0) is 14.7. The topological polar surface area (TPSA) is 15.3 Å². The van der Waals surface area contributed by atoms with Gasteiger partial charge in [-0.05, 0) is 56.3 Å². The molecule has 2 atom stereocenters. The molecule has 118 valence electrons. The maximum atomic E-state index is 3.44. The maximum Gasteiger partial charge on any atom is 0.0299 e. The molecule has 2 aliphatic rings. The van der Waals surface area contributed by atoms with Gasteiger partial charge < -0.3 is 5.32 Å². The normalized spacial score (nSPS) is 26.8. The van der Waals surface area contributed by atoms with Crippen molar-refractivity contribution < 1.29 is 0 Å². The predicted octanol–water partition coefficient (Wildman–Crippen LogP) is 4.18. The lowest BCUT2D eigenvalue weighted by atomic mass is 9.75. The first-order valence-electron chi connectivity index (χ1n) is 8.77. The van der Waals surface area contributed by atoms with Crippen molar-refractivity contribution in [1.29, 1.82) is 0 Å². The first-order chi connectivity index (χ1) is 10.3. The van der Waals surface area contributed by atoms with E-state index >= 15 is 0 Å². The fourth-order valence-electron chi connectivity index (χ4n) is 4.14. The van der Waals surface area contributed by atoms with Gasteiger partial charge in [0, 0.05) is 29.4 Å². The molecular weight excluding hydrogens is 276 g/mol. The van der Waals surface area contributed by atoms with Gasteiger partial charge in [0.05, 0.1) is 0 Å². The van der Waals surface area contributed by atoms with Crippen LogP contribution in [0.4, 0.5) is 0 Å². The second kappa shape index (κ2) is 7.26. The van der Waals surface area contributed by atoms with Gasteiger partial charge in [-0.15, -0.1) is 11.3 Å². The summed E-state index contributed by atoms with van der Waals surface area (Å²) in [5.41, 5.74) is 1.57. The van der Waals surface area contributed by atoms with Crippen LogP contribution < -0.4 is 5.32 Å². The molecule has 2 nitrogen and oxygen atoms in total. The van der Waals surface area contributed by atoms with Crippen LogP contribution in [0, 0.1) is 18.8 Å². The van der Waals surface area contributed by atoms with Crippen LogP contribution in [0.5, 0.6) is 0 Å². The van der Waals surface area contributed by atoms with Gasteiger partial charge in [-0.1, -0.05) is 26.2 Å². The molecule has 21 heavy (non-hydrogen) atoms. The Morgan fingerprint density at radius 3 is 2.86 bits per heavy atom. The van der Waals surface area contributed by atoms with E-state index in [0.29, 0.717) is 0 Å². The van der Waals surface area contributed by atoms with Crippen LogP contribution in [0.15, 0.2) is 6.07 Å². The van der Waals surface area contributed by atoms with Crippen molar-refractivity contribution in [1.82, 2.24) is 10.2 Å². The van der Waals surface area contributed by atoms with Gasteiger partial charge in [0.1, 0.15) is 0 Å². The second-order valence-corrected chi connectivity index (χ2v) is 8.24. The molecule has 2 unspecified atom stereocenters. The minimum atomic E-state index is 0.993. The lowest BCUT2D eigenvalue weighted by Crippen LogP contribution is -2.41. The monoisotopic (exact) mass is 306 g/mol. The number of nitrogens with zero attached hydrogens (tertiary/aromatic N) is 1. The summed E-state index contributed by atoms with van der Waals surface area (Å²) in [4.78, 5) is 5.74. The number of piperidine rings is 1. The molecule has 3 heteroatoms. The molecule has 2 heterocycles. The van der Waals surface area contributed by atoms with Crippen molar-refractivity contribution in [2.45, 2.75) is 59.0 Å². The van der Waals surface area contributed by atoms with E-state index in [-0.39, 0.29) is 0 Å². The summed E-state index contributed by atoms with van der Waals surface area (Å²) < 4.78 is 0. The van der Waals surface area contributed by atoms with Crippen molar-refractivity contribution in [3.05, 3.63) is 21.4 Å². The smallest absolute Gasteiger partial charge is 0.0299 e. The zero-order valence-electron chi connectivity index (χ0n) is 13.7. The van der Waals surface area contributed by atoms with Gasteiger partial charge in [-0.2, -0.15) is 0 Å². The van der Waals surface area contributed by atoms with Gasteiger partial charge >= 0.3 is 0 Å². The Hall–Kier alpha value is -0.380. The fourth-order valence-corrected chi connectivity index (χ4v) is 5.16. The second-order valence-electron chi connectivity index (χ2n) is 6.90. The minimum Gasteiger partial charge on any atom is -0.312 e. The first-order valence-corrected chi connectivity index (χ1v) is 9.59. The molecule has 1 aliphatic heterocycles. The molecule has 0 aromatic carbocycles. The minimum absolute atomic E-state index is 0.993. The summed E-state index contributed by atoms with van der Waals surface area (Å²) in [5.74, 6) is 2.04. The van der Waals surface area contributed by atoms with E-state index in [1.807, 2.05) is 11.3 Å². The molecule has 0 amide bonds. The average Bonchev–Trinajstić information content (AvgIpc) is 2.85. The van der Waals surface area contributed by atoms with E-state index in [9.17, 15) is 0 Å². The molecule has 0 bridgehead atoms. The molecule has 1 saturated heterocycles. The van der Waals surface area contributed by atoms with Crippen LogP contribution in [0.2, 0.25) is 0 Å². The van der Waals surface area contributed by atoms with Gasteiger partial charge in [0.2, 0.25) is 0 Å². The Kier molecular flexibility index (Phi) is 5.36. The Morgan fingerprint density at radius 1 is 1.24 bits per heavy atom. The number of aryl methyl sites for hydroxylation is 1. The van der Waals surface area contributed by atoms with E-state index < -0.39 is 0 Å². The highest BCUT2D eigenvalue weighted by atomic mass is 32.1. The lowest BCUT2D eigenvalue weighted by Gasteiger charge is -2.41. The van der Waals surface area contributed by atoms with Gasteiger partial charge in [0.25, 0.3) is 0 Å². The van der Waals surface area contributed by atoms with Crippen molar-refractivity contribution in [3.8, 4) is 0 Å². The quantitative estimate of drug-likeness (QED) is 0.878. The van der Waals surface area contributed by atoms with Gasteiger partial charge in [-0.25, -0.2) is 0 Å². The van der Waals surface area contributed by atoms with Crippen LogP contribution in [0.1, 0.15) is 54.3 Å². The van der Waals surface area contributed by atoms with E-state index in [0.717, 1.165) is 24.9 Å². The first kappa shape index (κ1) is 15.5. The third kappa shape index (κ3) is 3.88. The average molecular weight is 307 g/mol. The van der Waals surface area contributed by atoms with E-state index in [4.69, 9.17) is 0 Å². The molecule has 1 N–H and O–H groups in total. The SMILES string of the molecule is CCNCc1cc(CN2CCC3CCCCC3C2)c(C)s1. The van der Waals surface area contributed by atoms with Gasteiger partial charge in [-0.3, -0.25) is 4.90 Å². The molecule has 1 saturated carbocycles. The number of rotatable bonds is 5. The molecule has 1 aliphatic carbocycles. The van der Waals surface area contributed by atoms with E-state index in [1.54, 1.807) is 5.56 Å². The molecular formula is C18H30N2S. The van der Waals surface area contributed by atoms with Crippen molar-refractivity contribution in [2.24, 2.45) is 11.8 Å². The Balaban J connectivity index is 1.57. The Morgan fingerprint density at radius 2 is 2.05 bits per heavy atom. The van der Waals surface area contributed by atoms with E-state index in [2.05, 4.69) is 30.1 Å². The Labute approximate surface area is 133 Å². The predicted molar refractivity (Wildman–Crippen MR) is 91.8 cm³/mol. The highest BCUT2D eigenvalue weighted by molar-refractivity contribution is 7.12. The van der Waals surface area contributed by atoms with Crippen molar-refractivity contribution in [2.75, 3.05) is 19.6 Å². The number of thiophene rings is 1. The fraction of sp³-hybridized carbons (Fsp3) is 0.778. The number of hydrogen-bond donors (Lipinski definition) is 1. The highest BCUT2D eigenvalue weighted by Crippen LogP contribution is 2.36. The van der Waals surface area contributed by atoms with Crippen LogP contribution in [0.3, 0.4) is 0 Å². The standard InChI is InChI=1S/C18H30N2S/c1-3-19-11-18-10-17(14(2)21-18)13-20-9-8-15-6-4-5-7-16(15)12-20/h10,15-16,19H,3-9,11-13H2,1-2H3. The van der Waals surface area contributed by atoms with Crippen LogP contribution in [-0.4, -0.2) is 24.5 Å². The summed E-state index contributed by atoms with van der Waals surface area (Å²) in [6.07, 6.45) is 7.38. The summed E-state index contributed by atoms with van der Waals surface area (Å²) in [6, 6.07) is 2.44. The Bertz CT molecular complexity index is 454. The van der Waals surface area contributed by atoms with Gasteiger partial charge in [0.15, 0.2) is 0 Å². The molecule has 0 spiro atoms.